The van der Waals surface area contributed by atoms with Gasteiger partial charge in [-0.15, -0.1) is 0 Å². The molecule has 2 aromatic heterocycles. The van der Waals surface area contributed by atoms with Crippen LogP contribution in [-0.2, 0) is 23.1 Å². The predicted molar refractivity (Wildman–Crippen MR) is 109 cm³/mol. The van der Waals surface area contributed by atoms with Gasteiger partial charge < -0.3 is 15.0 Å². The Balaban J connectivity index is 1.41. The minimum Gasteiger partial charge on any atom is -0.393 e. The fraction of sp³-hybridized carbons (Fsp3) is 0.400. The molecule has 0 bridgehead atoms. The zero-order valence-electron chi connectivity index (χ0n) is 16.4. The van der Waals surface area contributed by atoms with Gasteiger partial charge in [-0.2, -0.15) is 9.40 Å². The van der Waals surface area contributed by atoms with Crippen LogP contribution in [0.25, 0.3) is 10.9 Å². The predicted octanol–water partition coefficient (Wildman–Crippen LogP) is 1.17. The smallest absolute Gasteiger partial charge is 0.270 e. The van der Waals surface area contributed by atoms with Gasteiger partial charge in [0, 0.05) is 30.5 Å². The van der Waals surface area contributed by atoms with E-state index in [4.69, 9.17) is 0 Å². The standard InChI is InChI=1S/C20H23N5O4S/c26-15-5-7-24(8-6-15)30(28,29)19-12-21-25-10-9-23(13-18(19)25)20(27)17-11-14-3-1-2-4-16(14)22-17/h1-4,11-12,15,22,26H,5-10,13H2. The Kier molecular flexibility index (Phi) is 4.64. The molecular formula is C20H23N5O4S. The molecule has 5 rings (SSSR count). The van der Waals surface area contributed by atoms with Crippen molar-refractivity contribution in [2.24, 2.45) is 0 Å². The number of aliphatic hydroxyl groups is 1. The molecule has 0 radical (unpaired) electrons. The maximum absolute atomic E-state index is 13.2. The number of nitrogens with one attached hydrogen (secondary N) is 1. The number of fused-ring (bicyclic) bond motifs is 2. The van der Waals surface area contributed by atoms with E-state index in [1.807, 2.05) is 30.3 Å². The average molecular weight is 430 g/mol. The largest absolute Gasteiger partial charge is 0.393 e. The molecule has 158 valence electrons. The lowest BCUT2D eigenvalue weighted by Gasteiger charge is -2.31. The van der Waals surface area contributed by atoms with E-state index in [9.17, 15) is 18.3 Å². The number of H-pyrrole nitrogens is 1. The van der Waals surface area contributed by atoms with Crippen molar-refractivity contribution in [1.29, 1.82) is 0 Å². The summed E-state index contributed by atoms with van der Waals surface area (Å²) < 4.78 is 29.4. The number of amides is 1. The second kappa shape index (κ2) is 7.22. The molecule has 0 aliphatic carbocycles. The van der Waals surface area contributed by atoms with Crippen molar-refractivity contribution < 1.29 is 18.3 Å². The maximum Gasteiger partial charge on any atom is 0.270 e. The normalized spacial score (nSPS) is 18.6. The highest BCUT2D eigenvalue weighted by Crippen LogP contribution is 2.27. The van der Waals surface area contributed by atoms with Crippen molar-refractivity contribution in [2.75, 3.05) is 19.6 Å². The zero-order chi connectivity index (χ0) is 20.9. The molecular weight excluding hydrogens is 406 g/mol. The van der Waals surface area contributed by atoms with Crippen LogP contribution in [0.15, 0.2) is 41.4 Å². The van der Waals surface area contributed by atoms with Crippen molar-refractivity contribution in [2.45, 2.75) is 36.9 Å². The van der Waals surface area contributed by atoms with Crippen molar-refractivity contribution in [3.05, 3.63) is 47.9 Å². The molecule has 4 heterocycles. The van der Waals surface area contributed by atoms with Crippen LogP contribution >= 0.6 is 0 Å². The van der Waals surface area contributed by atoms with Crippen molar-refractivity contribution in [3.8, 4) is 0 Å². The van der Waals surface area contributed by atoms with E-state index >= 15 is 0 Å². The monoisotopic (exact) mass is 429 g/mol. The van der Waals surface area contributed by atoms with Crippen molar-refractivity contribution in [1.82, 2.24) is 24.0 Å². The van der Waals surface area contributed by atoms with E-state index in [0.29, 0.717) is 37.3 Å². The third-order valence-corrected chi connectivity index (χ3v) is 7.86. The van der Waals surface area contributed by atoms with Crippen LogP contribution < -0.4 is 0 Å². The lowest BCUT2D eigenvalue weighted by Crippen LogP contribution is -2.42. The van der Waals surface area contributed by atoms with Gasteiger partial charge in [0.05, 0.1) is 31.1 Å². The molecule has 30 heavy (non-hydrogen) atoms. The molecule has 1 aromatic carbocycles. The Bertz CT molecular complexity index is 1170. The van der Waals surface area contributed by atoms with Gasteiger partial charge in [-0.25, -0.2) is 8.42 Å². The molecule has 10 heteroatoms. The summed E-state index contributed by atoms with van der Waals surface area (Å²) in [4.78, 5) is 18.0. The van der Waals surface area contributed by atoms with Gasteiger partial charge in [-0.05, 0) is 25.0 Å². The Morgan fingerprint density at radius 2 is 1.90 bits per heavy atom. The van der Waals surface area contributed by atoms with E-state index in [0.717, 1.165) is 10.9 Å². The van der Waals surface area contributed by atoms with Crippen molar-refractivity contribution >= 4 is 26.8 Å². The van der Waals surface area contributed by atoms with Crippen LogP contribution in [0.2, 0.25) is 0 Å². The number of aromatic amines is 1. The van der Waals surface area contributed by atoms with Crippen LogP contribution in [0.4, 0.5) is 0 Å². The first-order valence-electron chi connectivity index (χ1n) is 10.0. The highest BCUT2D eigenvalue weighted by atomic mass is 32.2. The molecule has 1 saturated heterocycles. The molecule has 9 nitrogen and oxygen atoms in total. The molecule has 2 aliphatic heterocycles. The number of para-hydroxylation sites is 1. The Hall–Kier alpha value is -2.69. The number of carbonyl (C=O) groups excluding carboxylic acids is 1. The summed E-state index contributed by atoms with van der Waals surface area (Å²) in [7, 11) is -3.72. The van der Waals surface area contributed by atoms with Crippen LogP contribution in [-0.4, -0.2) is 69.1 Å². The van der Waals surface area contributed by atoms with Crippen LogP contribution in [0.1, 0.15) is 29.0 Å². The number of piperidine rings is 1. The van der Waals surface area contributed by atoms with Gasteiger partial charge in [0.15, 0.2) is 0 Å². The third-order valence-electron chi connectivity index (χ3n) is 5.92. The van der Waals surface area contributed by atoms with Crippen LogP contribution in [0.5, 0.6) is 0 Å². The lowest BCUT2D eigenvalue weighted by molar-refractivity contribution is 0.0698. The zero-order valence-corrected chi connectivity index (χ0v) is 17.2. The van der Waals surface area contributed by atoms with Gasteiger partial charge in [0.25, 0.3) is 5.91 Å². The molecule has 2 aliphatic rings. The maximum atomic E-state index is 13.2. The molecule has 0 atom stereocenters. The topological polar surface area (TPSA) is 112 Å². The number of aromatic nitrogens is 3. The molecule has 1 amide bonds. The van der Waals surface area contributed by atoms with Gasteiger partial charge in [0.1, 0.15) is 10.6 Å². The molecule has 1 fully saturated rings. The van der Waals surface area contributed by atoms with Gasteiger partial charge in [-0.3, -0.25) is 9.48 Å². The summed E-state index contributed by atoms with van der Waals surface area (Å²) >= 11 is 0. The summed E-state index contributed by atoms with van der Waals surface area (Å²) in [6.45, 7) is 1.64. The Morgan fingerprint density at radius 1 is 1.13 bits per heavy atom. The number of aliphatic hydroxyl groups excluding tert-OH is 1. The highest BCUT2D eigenvalue weighted by Gasteiger charge is 2.35. The third kappa shape index (κ3) is 3.21. The first-order chi connectivity index (χ1) is 14.4. The number of hydrogen-bond acceptors (Lipinski definition) is 5. The fourth-order valence-electron chi connectivity index (χ4n) is 4.19. The Morgan fingerprint density at radius 3 is 2.67 bits per heavy atom. The van der Waals surface area contributed by atoms with Gasteiger partial charge in [0.2, 0.25) is 10.0 Å². The Labute approximate surface area is 173 Å². The lowest BCUT2D eigenvalue weighted by atomic mass is 10.1. The summed E-state index contributed by atoms with van der Waals surface area (Å²) in [6, 6.07) is 9.50. The van der Waals surface area contributed by atoms with Gasteiger partial charge in [-0.1, -0.05) is 18.2 Å². The van der Waals surface area contributed by atoms with E-state index in [1.54, 1.807) is 9.58 Å². The summed E-state index contributed by atoms with van der Waals surface area (Å²) in [5, 5.41) is 14.9. The molecule has 0 spiro atoms. The number of carbonyl (C=O) groups is 1. The van der Waals surface area contributed by atoms with Crippen LogP contribution in [0, 0.1) is 0 Å². The summed E-state index contributed by atoms with van der Waals surface area (Å²) in [6.07, 6.45) is 1.77. The first kappa shape index (κ1) is 19.3. The van der Waals surface area contributed by atoms with E-state index in [1.165, 1.54) is 10.5 Å². The van der Waals surface area contributed by atoms with Gasteiger partial charge >= 0.3 is 0 Å². The van der Waals surface area contributed by atoms with E-state index < -0.39 is 16.1 Å². The minimum atomic E-state index is -3.72. The fourth-order valence-corrected chi connectivity index (χ4v) is 5.81. The number of hydrogen-bond donors (Lipinski definition) is 2. The summed E-state index contributed by atoms with van der Waals surface area (Å²) in [5.74, 6) is -0.164. The quantitative estimate of drug-likeness (QED) is 0.649. The first-order valence-corrected chi connectivity index (χ1v) is 11.5. The molecule has 3 aromatic rings. The van der Waals surface area contributed by atoms with Crippen LogP contribution in [0.3, 0.4) is 0 Å². The molecule has 0 unspecified atom stereocenters. The minimum absolute atomic E-state index is 0.146. The second-order valence-corrected chi connectivity index (χ2v) is 9.72. The number of nitrogens with zero attached hydrogens (tertiary/aromatic N) is 4. The summed E-state index contributed by atoms with van der Waals surface area (Å²) in [5.41, 5.74) is 1.90. The number of benzene rings is 1. The number of rotatable bonds is 3. The average Bonchev–Trinajstić information content (AvgIpc) is 3.37. The SMILES string of the molecule is O=C(c1cc2ccccc2[nH]1)N1CCn2ncc(S(=O)(=O)N3CCC(O)CC3)c2C1. The van der Waals surface area contributed by atoms with E-state index in [-0.39, 0.29) is 30.4 Å². The van der Waals surface area contributed by atoms with E-state index in [2.05, 4.69) is 10.1 Å². The second-order valence-electron chi connectivity index (χ2n) is 7.81. The number of sulfonamides is 1. The highest BCUT2D eigenvalue weighted by molar-refractivity contribution is 7.89. The molecule has 2 N–H and O–H groups in total. The van der Waals surface area contributed by atoms with Crippen molar-refractivity contribution in [3.63, 3.8) is 0 Å². The molecule has 0 saturated carbocycles.